The first-order valence-electron chi connectivity index (χ1n) is 6.37. The number of hydrogen-bond acceptors (Lipinski definition) is 7. The molecule has 0 unspecified atom stereocenters. The van der Waals surface area contributed by atoms with Crippen molar-refractivity contribution >= 4 is 31.7 Å². The first kappa shape index (κ1) is 27.9. The highest BCUT2D eigenvalue weighted by Gasteiger charge is 2.07. The van der Waals surface area contributed by atoms with Crippen LogP contribution in [0.25, 0.3) is 0 Å². The van der Waals surface area contributed by atoms with Crippen LogP contribution in [0.4, 0.5) is 0 Å². The quantitative estimate of drug-likeness (QED) is 0.428. The predicted molar refractivity (Wildman–Crippen MR) is 82.6 cm³/mol. The van der Waals surface area contributed by atoms with Crippen LogP contribution in [-0.4, -0.2) is 50.2 Å². The fourth-order valence-corrected chi connectivity index (χ4v) is 0.677. The number of unbranched alkanes of at least 4 members (excludes halogenated alkanes) is 1. The second kappa shape index (κ2) is 27.1. The van der Waals surface area contributed by atoms with Crippen LogP contribution < -0.4 is 5.90 Å². The van der Waals surface area contributed by atoms with E-state index >= 15 is 0 Å². The highest BCUT2D eigenvalue weighted by Crippen LogP contribution is 1.91. The topological polar surface area (TPSA) is 124 Å². The molecule has 0 rings (SSSR count). The third kappa shape index (κ3) is 26.3. The highest BCUT2D eigenvalue weighted by atomic mass is 16.7. The van der Waals surface area contributed by atoms with Crippen molar-refractivity contribution in [2.24, 2.45) is 5.90 Å². The second-order valence-electron chi connectivity index (χ2n) is 3.49. The minimum absolute atomic E-state index is 0.0215. The lowest BCUT2D eigenvalue weighted by atomic mass is 10.4. The first-order chi connectivity index (χ1) is 10.5. The number of nitrogens with two attached hydrogens (primary N) is 1. The zero-order chi connectivity index (χ0) is 18.4. The Labute approximate surface area is 131 Å². The summed E-state index contributed by atoms with van der Waals surface area (Å²) in [5.41, 5.74) is 0. The van der Waals surface area contributed by atoms with Crippen LogP contribution in [0.3, 0.4) is 0 Å². The molecule has 2 N–H and O–H groups in total. The Balaban J connectivity index is -0.000000170. The molecule has 0 bridgehead atoms. The van der Waals surface area contributed by atoms with E-state index in [0.29, 0.717) is 6.29 Å². The maximum Gasteiger partial charge on any atom is 0.326 e. The Morgan fingerprint density at radius 1 is 1.14 bits per heavy atom. The fraction of sp³-hybridized carbons (Fsp3) is 0.500. The van der Waals surface area contributed by atoms with Gasteiger partial charge in [0.2, 0.25) is 5.91 Å². The number of carbonyl (C=O) groups is 5. The van der Waals surface area contributed by atoms with Crippen molar-refractivity contribution in [2.75, 3.05) is 13.6 Å². The molecule has 0 aromatic rings. The number of allylic oxidation sites excluding steroid dienone is 1. The van der Waals surface area contributed by atoms with Gasteiger partial charge in [0.25, 0.3) is 0 Å². The van der Waals surface area contributed by atoms with Crippen molar-refractivity contribution in [2.45, 2.75) is 33.1 Å². The summed E-state index contributed by atoms with van der Waals surface area (Å²) in [6, 6.07) is 0. The molecule has 0 aromatic heterocycles. The van der Waals surface area contributed by atoms with Gasteiger partial charge in [0, 0.05) is 19.7 Å². The van der Waals surface area contributed by atoms with E-state index in [4.69, 9.17) is 9.59 Å². The van der Waals surface area contributed by atoms with Gasteiger partial charge in [0.05, 0.1) is 6.42 Å². The van der Waals surface area contributed by atoms with Crippen molar-refractivity contribution in [3.8, 4) is 0 Å². The van der Waals surface area contributed by atoms with Crippen LogP contribution in [0.5, 0.6) is 0 Å². The van der Waals surface area contributed by atoms with Gasteiger partial charge in [-0.05, 0) is 6.08 Å². The fourth-order valence-electron chi connectivity index (χ4n) is 0.677. The molecule has 0 fully saturated rings. The van der Waals surface area contributed by atoms with Gasteiger partial charge < -0.3 is 19.3 Å². The summed E-state index contributed by atoms with van der Waals surface area (Å²) in [5.74, 6) is 3.65. The molecule has 0 aliphatic carbocycles. The monoisotopic (exact) mass is 318 g/mol. The predicted octanol–water partition coefficient (Wildman–Crippen LogP) is 0.444. The number of likely N-dealkylation sites (N-methyl/N-ethyl adjacent to an activating group) is 1. The summed E-state index contributed by atoms with van der Waals surface area (Å²) in [5, 5.41) is 0. The Morgan fingerprint density at radius 3 is 1.91 bits per heavy atom. The molecule has 0 radical (unpaired) electrons. The minimum atomic E-state index is -0.594. The Hall–Kier alpha value is -2.35. The lowest BCUT2D eigenvalue weighted by Gasteiger charge is -2.13. The van der Waals surface area contributed by atoms with Crippen LogP contribution in [0.1, 0.15) is 33.1 Å². The van der Waals surface area contributed by atoms with Crippen molar-refractivity contribution < 1.29 is 28.8 Å². The molecule has 0 spiro atoms. The van der Waals surface area contributed by atoms with E-state index in [1.54, 1.807) is 0 Å². The zero-order valence-electron chi connectivity index (χ0n) is 13.4. The second-order valence-corrected chi connectivity index (χ2v) is 3.49. The Bertz CT molecular complexity index is 304. The molecule has 0 aromatic carbocycles. The molecule has 0 aliphatic heterocycles. The van der Waals surface area contributed by atoms with Crippen molar-refractivity contribution in [3.63, 3.8) is 0 Å². The summed E-state index contributed by atoms with van der Waals surface area (Å²) >= 11 is 0. The number of aldehydes is 1. The first-order valence-corrected chi connectivity index (χ1v) is 6.37. The summed E-state index contributed by atoms with van der Waals surface area (Å²) in [7, 11) is 1.50. The largest absolute Gasteiger partial charge is 0.373 e. The molecule has 8 heteroatoms. The lowest BCUT2D eigenvalue weighted by molar-refractivity contribution is -0.144. The molecular weight excluding hydrogens is 292 g/mol. The number of amides is 1. The molecule has 0 heterocycles. The standard InChI is InChI=1S/C8H12N2O4.C4H10.2CH2O/c1-10(5-4-8(13)14-9)7(12)3-2-6-11;1-3-4-2;2*1-2/h2-3,6H,4-5,9H2,1H3;3-4H2,1-2H3;2*1H2/b3-2-;;;. The number of rotatable bonds is 6. The summed E-state index contributed by atoms with van der Waals surface area (Å²) in [6.07, 6.45) is 5.36. The van der Waals surface area contributed by atoms with Gasteiger partial charge in [-0.1, -0.05) is 26.7 Å². The molecule has 1 amide bonds. The van der Waals surface area contributed by atoms with Crippen LogP contribution in [0, 0.1) is 0 Å². The average Bonchev–Trinajstić information content (AvgIpc) is 2.60. The molecule has 0 saturated heterocycles. The molecular formula is C14H26N2O6. The van der Waals surface area contributed by atoms with Gasteiger partial charge in [-0.3, -0.25) is 14.4 Å². The Morgan fingerprint density at radius 2 is 1.59 bits per heavy atom. The van der Waals surface area contributed by atoms with Gasteiger partial charge in [-0.15, -0.1) is 0 Å². The molecule has 8 nitrogen and oxygen atoms in total. The molecule has 128 valence electrons. The Kier molecular flexibility index (Phi) is 34.3. The van der Waals surface area contributed by atoms with E-state index in [9.17, 15) is 14.4 Å². The van der Waals surface area contributed by atoms with E-state index in [1.807, 2.05) is 13.6 Å². The highest BCUT2D eigenvalue weighted by molar-refractivity contribution is 5.90. The minimum Gasteiger partial charge on any atom is -0.373 e. The summed E-state index contributed by atoms with van der Waals surface area (Å²) < 4.78 is 0. The number of nitrogens with zero attached hydrogens (tertiary/aromatic N) is 1. The SMILES string of the molecule is C=O.C=O.CCCC.CN(CCC(=O)ON)C(=O)/C=C\C=O. The maximum atomic E-state index is 11.1. The van der Waals surface area contributed by atoms with Gasteiger partial charge in [-0.25, -0.2) is 0 Å². The van der Waals surface area contributed by atoms with Crippen molar-refractivity contribution in [3.05, 3.63) is 12.2 Å². The molecule has 0 atom stereocenters. The average molecular weight is 318 g/mol. The lowest BCUT2D eigenvalue weighted by Crippen LogP contribution is -2.28. The van der Waals surface area contributed by atoms with E-state index in [-0.39, 0.29) is 18.9 Å². The van der Waals surface area contributed by atoms with Gasteiger partial charge in [0.1, 0.15) is 19.9 Å². The number of hydrogen-bond donors (Lipinski definition) is 1. The van der Waals surface area contributed by atoms with Crippen LogP contribution >= 0.6 is 0 Å². The molecule has 22 heavy (non-hydrogen) atoms. The smallest absolute Gasteiger partial charge is 0.326 e. The number of carbonyl (C=O) groups excluding carboxylic acids is 5. The van der Waals surface area contributed by atoms with Crippen molar-refractivity contribution in [1.82, 2.24) is 4.90 Å². The van der Waals surface area contributed by atoms with E-state index in [2.05, 4.69) is 24.6 Å². The summed E-state index contributed by atoms with van der Waals surface area (Å²) in [6.45, 7) is 8.55. The van der Waals surface area contributed by atoms with E-state index < -0.39 is 5.97 Å². The van der Waals surface area contributed by atoms with Crippen LogP contribution in [-0.2, 0) is 28.8 Å². The van der Waals surface area contributed by atoms with Crippen molar-refractivity contribution in [1.29, 1.82) is 0 Å². The zero-order valence-corrected chi connectivity index (χ0v) is 13.4. The molecule has 0 aliphatic rings. The maximum absolute atomic E-state index is 11.1. The van der Waals surface area contributed by atoms with E-state index in [0.717, 1.165) is 12.2 Å². The van der Waals surface area contributed by atoms with Gasteiger partial charge in [0.15, 0.2) is 0 Å². The molecule has 0 saturated carbocycles. The normalized spacial score (nSPS) is 8.00. The summed E-state index contributed by atoms with van der Waals surface area (Å²) in [4.78, 5) is 52.8. The third-order valence-electron chi connectivity index (χ3n) is 1.98. The van der Waals surface area contributed by atoms with Gasteiger partial charge in [-0.2, -0.15) is 5.90 Å². The van der Waals surface area contributed by atoms with Crippen LogP contribution in [0.15, 0.2) is 12.2 Å². The van der Waals surface area contributed by atoms with E-state index in [1.165, 1.54) is 24.8 Å². The third-order valence-corrected chi connectivity index (χ3v) is 1.98. The van der Waals surface area contributed by atoms with Crippen LogP contribution in [0.2, 0.25) is 0 Å². The van der Waals surface area contributed by atoms with Gasteiger partial charge >= 0.3 is 5.97 Å².